The van der Waals surface area contributed by atoms with E-state index in [1.807, 2.05) is 6.92 Å². The molecule has 0 aliphatic heterocycles. The molecule has 0 aliphatic carbocycles. The van der Waals surface area contributed by atoms with E-state index in [4.69, 9.17) is 16.7 Å². The number of carboxylic acid groups (broad SMARTS) is 1. The second-order valence-corrected chi connectivity index (χ2v) is 3.59. The van der Waals surface area contributed by atoms with Gasteiger partial charge in [0.1, 0.15) is 11.4 Å². The highest BCUT2D eigenvalue weighted by Gasteiger charge is 2.16. The molecule has 0 radical (unpaired) electrons. The summed E-state index contributed by atoms with van der Waals surface area (Å²) >= 11 is 5.81. The lowest BCUT2D eigenvalue weighted by molar-refractivity contribution is 0.0697. The Balaban J connectivity index is 3.15. The Morgan fingerprint density at radius 3 is 2.87 bits per heavy atom. The Kier molecular flexibility index (Phi) is 3.91. The van der Waals surface area contributed by atoms with Gasteiger partial charge in [-0.05, 0) is 18.9 Å². The molecule has 0 spiro atoms. The smallest absolute Gasteiger partial charge is 0.339 e. The maximum absolute atomic E-state index is 11.0. The van der Waals surface area contributed by atoms with E-state index in [1.165, 1.54) is 6.20 Å². The van der Waals surface area contributed by atoms with Gasteiger partial charge in [0.15, 0.2) is 0 Å². The number of aromatic nitrogens is 1. The molecule has 2 N–H and O–H groups in total. The van der Waals surface area contributed by atoms with E-state index in [9.17, 15) is 4.79 Å². The molecule has 82 valence electrons. The van der Waals surface area contributed by atoms with E-state index in [-0.39, 0.29) is 5.56 Å². The van der Waals surface area contributed by atoms with Crippen molar-refractivity contribution in [3.63, 3.8) is 0 Å². The van der Waals surface area contributed by atoms with Crippen LogP contribution in [0.4, 0.5) is 5.82 Å². The van der Waals surface area contributed by atoms with Gasteiger partial charge in [-0.1, -0.05) is 18.5 Å². The number of anilines is 1. The summed E-state index contributed by atoms with van der Waals surface area (Å²) in [6.07, 6.45) is 2.36. The number of nitrogens with zero attached hydrogens (tertiary/aromatic N) is 1. The summed E-state index contributed by atoms with van der Waals surface area (Å²) in [5.41, 5.74) is 0.689. The molecule has 0 atom stereocenters. The number of carboxylic acids is 1. The zero-order chi connectivity index (χ0) is 11.4. The molecule has 15 heavy (non-hydrogen) atoms. The fourth-order valence-corrected chi connectivity index (χ4v) is 1.36. The molecule has 0 aliphatic rings. The average molecular weight is 229 g/mol. The third-order valence-electron chi connectivity index (χ3n) is 2.03. The van der Waals surface area contributed by atoms with Crippen LogP contribution in [0.25, 0.3) is 0 Å². The van der Waals surface area contributed by atoms with Gasteiger partial charge >= 0.3 is 5.97 Å². The quantitative estimate of drug-likeness (QED) is 0.832. The molecule has 1 rings (SSSR count). The van der Waals surface area contributed by atoms with E-state index in [2.05, 4.69) is 10.3 Å². The first-order valence-corrected chi connectivity index (χ1v) is 5.08. The lowest BCUT2D eigenvalue weighted by Gasteiger charge is -2.10. The Morgan fingerprint density at radius 1 is 1.67 bits per heavy atom. The Bertz CT molecular complexity index is 380. The largest absolute Gasteiger partial charge is 0.478 e. The highest BCUT2D eigenvalue weighted by Crippen LogP contribution is 2.23. The number of pyridine rings is 1. The van der Waals surface area contributed by atoms with Gasteiger partial charge in [-0.2, -0.15) is 0 Å². The van der Waals surface area contributed by atoms with E-state index in [1.54, 1.807) is 6.92 Å². The van der Waals surface area contributed by atoms with Gasteiger partial charge in [0.2, 0.25) is 0 Å². The Morgan fingerprint density at radius 2 is 2.33 bits per heavy atom. The summed E-state index contributed by atoms with van der Waals surface area (Å²) in [4.78, 5) is 15.0. The summed E-state index contributed by atoms with van der Waals surface area (Å²) in [6, 6.07) is 0. The van der Waals surface area contributed by atoms with E-state index >= 15 is 0 Å². The normalized spacial score (nSPS) is 10.1. The van der Waals surface area contributed by atoms with Crippen molar-refractivity contribution < 1.29 is 9.90 Å². The number of halogens is 1. The molecule has 0 saturated carbocycles. The lowest BCUT2D eigenvalue weighted by Crippen LogP contribution is -2.11. The zero-order valence-corrected chi connectivity index (χ0v) is 9.43. The first-order valence-electron chi connectivity index (χ1n) is 4.70. The molecule has 1 aromatic heterocycles. The predicted molar refractivity (Wildman–Crippen MR) is 59.7 cm³/mol. The van der Waals surface area contributed by atoms with Crippen molar-refractivity contribution in [2.45, 2.75) is 20.3 Å². The number of nitrogens with one attached hydrogen (secondary N) is 1. The molecule has 0 saturated heterocycles. The summed E-state index contributed by atoms with van der Waals surface area (Å²) in [7, 11) is 0. The first-order chi connectivity index (χ1) is 7.07. The fraction of sp³-hybridized carbons (Fsp3) is 0.400. The summed E-state index contributed by atoms with van der Waals surface area (Å²) < 4.78 is 0. The standard InChI is InChI=1S/C10H13ClN2O2/c1-3-4-12-9-8(10(14)15)6(2)7(11)5-13-9/h5H,3-4H2,1-2H3,(H,12,13)(H,14,15). The minimum atomic E-state index is -1.01. The van der Waals surface area contributed by atoms with Gasteiger partial charge in [-0.15, -0.1) is 0 Å². The molecule has 1 heterocycles. The van der Waals surface area contributed by atoms with Gasteiger partial charge in [0, 0.05) is 12.7 Å². The van der Waals surface area contributed by atoms with Crippen LogP contribution >= 0.6 is 11.6 Å². The molecule has 0 bridgehead atoms. The van der Waals surface area contributed by atoms with Crippen LogP contribution in [0.2, 0.25) is 5.02 Å². The van der Waals surface area contributed by atoms with Crippen LogP contribution in [0, 0.1) is 6.92 Å². The average Bonchev–Trinajstić information content (AvgIpc) is 2.19. The molecule has 0 fully saturated rings. The maximum atomic E-state index is 11.0. The van der Waals surface area contributed by atoms with E-state index in [0.717, 1.165) is 6.42 Å². The van der Waals surface area contributed by atoms with Gasteiger partial charge in [0.05, 0.1) is 5.02 Å². The Hall–Kier alpha value is -1.29. The summed E-state index contributed by atoms with van der Waals surface area (Å²) in [5.74, 6) is -0.632. The second kappa shape index (κ2) is 4.98. The van der Waals surface area contributed by atoms with Crippen LogP contribution in [0.5, 0.6) is 0 Å². The highest BCUT2D eigenvalue weighted by molar-refractivity contribution is 6.31. The number of hydrogen-bond donors (Lipinski definition) is 2. The molecule has 0 unspecified atom stereocenters. The van der Waals surface area contributed by atoms with Gasteiger partial charge in [0.25, 0.3) is 0 Å². The number of hydrogen-bond acceptors (Lipinski definition) is 3. The first kappa shape index (κ1) is 11.8. The number of aromatic carboxylic acids is 1. The van der Waals surface area contributed by atoms with Crippen LogP contribution in [0.3, 0.4) is 0 Å². The lowest BCUT2D eigenvalue weighted by atomic mass is 10.1. The minimum absolute atomic E-state index is 0.149. The molecule has 0 amide bonds. The molecular formula is C10H13ClN2O2. The predicted octanol–water partition coefficient (Wildman–Crippen LogP) is 2.56. The van der Waals surface area contributed by atoms with Crippen molar-refractivity contribution in [2.75, 3.05) is 11.9 Å². The van der Waals surface area contributed by atoms with Gasteiger partial charge in [-0.3, -0.25) is 0 Å². The molecule has 4 nitrogen and oxygen atoms in total. The SMILES string of the molecule is CCCNc1ncc(Cl)c(C)c1C(=O)O. The number of rotatable bonds is 4. The minimum Gasteiger partial charge on any atom is -0.478 e. The Labute approximate surface area is 93.3 Å². The van der Waals surface area contributed by atoms with Gasteiger partial charge < -0.3 is 10.4 Å². The van der Waals surface area contributed by atoms with Crippen molar-refractivity contribution in [3.05, 3.63) is 22.3 Å². The highest BCUT2D eigenvalue weighted by atomic mass is 35.5. The monoisotopic (exact) mass is 228 g/mol. The van der Waals surface area contributed by atoms with Crippen molar-refractivity contribution in [3.8, 4) is 0 Å². The van der Waals surface area contributed by atoms with Crippen LogP contribution in [-0.4, -0.2) is 22.6 Å². The van der Waals surface area contributed by atoms with Crippen molar-refractivity contribution in [1.82, 2.24) is 4.98 Å². The van der Waals surface area contributed by atoms with Crippen LogP contribution in [0.1, 0.15) is 29.3 Å². The van der Waals surface area contributed by atoms with Crippen LogP contribution in [-0.2, 0) is 0 Å². The molecule has 0 aromatic carbocycles. The summed E-state index contributed by atoms with van der Waals surface area (Å²) in [6.45, 7) is 4.36. The number of carbonyl (C=O) groups is 1. The van der Waals surface area contributed by atoms with Crippen molar-refractivity contribution in [1.29, 1.82) is 0 Å². The fourth-order valence-electron chi connectivity index (χ4n) is 1.22. The topological polar surface area (TPSA) is 62.2 Å². The molecule has 5 heteroatoms. The van der Waals surface area contributed by atoms with E-state index in [0.29, 0.717) is 22.9 Å². The zero-order valence-electron chi connectivity index (χ0n) is 8.67. The molecular weight excluding hydrogens is 216 g/mol. The maximum Gasteiger partial charge on any atom is 0.339 e. The van der Waals surface area contributed by atoms with Crippen LogP contribution < -0.4 is 5.32 Å². The van der Waals surface area contributed by atoms with Gasteiger partial charge in [-0.25, -0.2) is 9.78 Å². The second-order valence-electron chi connectivity index (χ2n) is 3.19. The van der Waals surface area contributed by atoms with E-state index < -0.39 is 5.97 Å². The molecule has 1 aromatic rings. The van der Waals surface area contributed by atoms with Crippen LogP contribution in [0.15, 0.2) is 6.20 Å². The third kappa shape index (κ3) is 2.59. The van der Waals surface area contributed by atoms with Crippen molar-refractivity contribution in [2.24, 2.45) is 0 Å². The third-order valence-corrected chi connectivity index (χ3v) is 2.41. The van der Waals surface area contributed by atoms with Crippen molar-refractivity contribution >= 4 is 23.4 Å². The summed E-state index contributed by atoms with van der Waals surface area (Å²) in [5, 5.41) is 12.4.